The fourth-order valence-corrected chi connectivity index (χ4v) is 7.11. The van der Waals surface area contributed by atoms with E-state index >= 15 is 0 Å². The third-order valence-electron chi connectivity index (χ3n) is 9.37. The highest BCUT2D eigenvalue weighted by Crippen LogP contribution is 2.43. The second-order valence-corrected chi connectivity index (χ2v) is 12.3. The number of para-hydroxylation sites is 2. The minimum atomic E-state index is 0.605. The van der Waals surface area contributed by atoms with Gasteiger partial charge in [-0.1, -0.05) is 127 Å². The van der Waals surface area contributed by atoms with E-state index in [2.05, 4.69) is 85.0 Å². The summed E-state index contributed by atoms with van der Waals surface area (Å²) in [5.74, 6) is 1.90. The van der Waals surface area contributed by atoms with E-state index in [-0.39, 0.29) is 0 Å². The number of nitrogens with zero attached hydrogens (tertiary/aromatic N) is 3. The van der Waals surface area contributed by atoms with Crippen LogP contribution in [0.5, 0.6) is 0 Å². The number of furan rings is 2. The molecule has 3 aromatic heterocycles. The van der Waals surface area contributed by atoms with Crippen molar-refractivity contribution in [3.63, 3.8) is 0 Å². The Hall–Kier alpha value is -6.59. The number of aromatic nitrogens is 3. The second kappa shape index (κ2) is 11.0. The van der Waals surface area contributed by atoms with Crippen LogP contribution in [0.4, 0.5) is 0 Å². The molecule has 0 amide bonds. The molecule has 5 heteroatoms. The van der Waals surface area contributed by atoms with Gasteiger partial charge in [-0.25, -0.2) is 15.0 Å². The molecule has 5 nitrogen and oxygen atoms in total. The summed E-state index contributed by atoms with van der Waals surface area (Å²) in [6.07, 6.45) is 7.26. The molecule has 0 N–H and O–H groups in total. The maximum atomic E-state index is 6.73. The SMILES string of the molecule is C1=Cc2ccccc2C=C(c2nc(-c3ccccc3)nc(-c3cccc4oc5c(-c6cccc7oc8ccccc8c67)cccc5c34)n2)C1. The van der Waals surface area contributed by atoms with E-state index in [4.69, 9.17) is 23.8 Å². The van der Waals surface area contributed by atoms with E-state index in [1.165, 1.54) is 5.56 Å². The lowest BCUT2D eigenvalue weighted by molar-refractivity contribution is 0.668. The van der Waals surface area contributed by atoms with Crippen molar-refractivity contribution in [2.24, 2.45) is 0 Å². The largest absolute Gasteiger partial charge is 0.456 e. The molecule has 0 saturated carbocycles. The van der Waals surface area contributed by atoms with Gasteiger partial charge in [0.25, 0.3) is 0 Å². The molecule has 0 aliphatic heterocycles. The molecule has 0 atom stereocenters. The summed E-state index contributed by atoms with van der Waals surface area (Å²) in [6, 6.07) is 45.4. The Morgan fingerprint density at radius 2 is 1.08 bits per heavy atom. The fraction of sp³-hybridized carbons (Fsp3) is 0.0227. The van der Waals surface area contributed by atoms with E-state index < -0.39 is 0 Å². The van der Waals surface area contributed by atoms with Crippen molar-refractivity contribution < 1.29 is 8.83 Å². The zero-order chi connectivity index (χ0) is 32.3. The molecule has 49 heavy (non-hydrogen) atoms. The maximum absolute atomic E-state index is 6.73. The lowest BCUT2D eigenvalue weighted by Gasteiger charge is -2.10. The van der Waals surface area contributed by atoms with Crippen molar-refractivity contribution in [3.8, 4) is 33.9 Å². The van der Waals surface area contributed by atoms with Gasteiger partial charge < -0.3 is 8.83 Å². The number of allylic oxidation sites excluding steroid dienone is 2. The molecular weight excluding hydrogens is 603 g/mol. The molecule has 9 aromatic rings. The number of hydrogen-bond acceptors (Lipinski definition) is 5. The Labute approximate surface area is 281 Å². The van der Waals surface area contributed by atoms with E-state index in [0.29, 0.717) is 23.9 Å². The number of hydrogen-bond donors (Lipinski definition) is 0. The second-order valence-electron chi connectivity index (χ2n) is 12.3. The van der Waals surface area contributed by atoms with Crippen molar-refractivity contribution in [3.05, 3.63) is 156 Å². The zero-order valence-corrected chi connectivity index (χ0v) is 26.3. The fourth-order valence-electron chi connectivity index (χ4n) is 7.11. The van der Waals surface area contributed by atoms with Crippen molar-refractivity contribution >= 4 is 61.6 Å². The van der Waals surface area contributed by atoms with Gasteiger partial charge in [-0.3, -0.25) is 0 Å². The Kier molecular flexibility index (Phi) is 6.18. The third kappa shape index (κ3) is 4.51. The van der Waals surface area contributed by atoms with Crippen LogP contribution in [0.1, 0.15) is 23.4 Å². The van der Waals surface area contributed by atoms with Crippen LogP contribution in [0.3, 0.4) is 0 Å². The Balaban J connectivity index is 1.21. The molecule has 0 bridgehead atoms. The van der Waals surface area contributed by atoms with Gasteiger partial charge in [0.15, 0.2) is 17.5 Å². The zero-order valence-electron chi connectivity index (χ0n) is 26.3. The summed E-state index contributed by atoms with van der Waals surface area (Å²) < 4.78 is 13.0. The van der Waals surface area contributed by atoms with Crippen LogP contribution in [0.2, 0.25) is 0 Å². The molecule has 10 rings (SSSR count). The van der Waals surface area contributed by atoms with Crippen molar-refractivity contribution in [1.82, 2.24) is 15.0 Å². The summed E-state index contributed by atoms with van der Waals surface area (Å²) in [6.45, 7) is 0. The van der Waals surface area contributed by atoms with Gasteiger partial charge >= 0.3 is 0 Å². The van der Waals surface area contributed by atoms with Gasteiger partial charge in [0.05, 0.1) is 0 Å². The minimum Gasteiger partial charge on any atom is -0.456 e. The smallest absolute Gasteiger partial charge is 0.164 e. The predicted molar refractivity (Wildman–Crippen MR) is 199 cm³/mol. The molecule has 0 radical (unpaired) electrons. The average Bonchev–Trinajstić information content (AvgIpc) is 3.66. The first kappa shape index (κ1) is 27.5. The molecule has 0 fully saturated rings. The molecule has 6 aromatic carbocycles. The molecule has 230 valence electrons. The third-order valence-corrected chi connectivity index (χ3v) is 9.37. The van der Waals surface area contributed by atoms with Crippen LogP contribution in [0.25, 0.3) is 95.5 Å². The molecule has 0 unspecified atom stereocenters. The molecule has 1 aliphatic rings. The molecular formula is C44H27N3O2. The highest BCUT2D eigenvalue weighted by Gasteiger charge is 2.21. The first-order valence-corrected chi connectivity index (χ1v) is 16.4. The number of benzene rings is 6. The summed E-state index contributed by atoms with van der Waals surface area (Å²) in [5.41, 5.74) is 10.6. The Morgan fingerprint density at radius 1 is 0.449 bits per heavy atom. The summed E-state index contributed by atoms with van der Waals surface area (Å²) in [4.78, 5) is 15.3. The van der Waals surface area contributed by atoms with E-state index in [1.54, 1.807) is 0 Å². The quantitative estimate of drug-likeness (QED) is 0.194. The van der Waals surface area contributed by atoms with Crippen LogP contribution in [-0.4, -0.2) is 15.0 Å². The number of fused-ring (bicyclic) bond motifs is 7. The van der Waals surface area contributed by atoms with Crippen molar-refractivity contribution in [2.45, 2.75) is 6.42 Å². The van der Waals surface area contributed by atoms with Crippen LogP contribution in [-0.2, 0) is 0 Å². The summed E-state index contributed by atoms with van der Waals surface area (Å²) >= 11 is 0. The monoisotopic (exact) mass is 629 g/mol. The van der Waals surface area contributed by atoms with Gasteiger partial charge in [-0.05, 0) is 47.4 Å². The lowest BCUT2D eigenvalue weighted by atomic mass is 9.97. The summed E-state index contributed by atoms with van der Waals surface area (Å²) in [7, 11) is 0. The molecule has 0 spiro atoms. The number of rotatable bonds is 4. The topological polar surface area (TPSA) is 65.0 Å². The Bertz CT molecular complexity index is 2800. The predicted octanol–water partition coefficient (Wildman–Crippen LogP) is 11.6. The first-order chi connectivity index (χ1) is 24.3. The van der Waals surface area contributed by atoms with Crippen LogP contribution in [0, 0.1) is 0 Å². The molecule has 3 heterocycles. The van der Waals surface area contributed by atoms with Gasteiger partial charge in [0, 0.05) is 43.8 Å². The van der Waals surface area contributed by atoms with Crippen molar-refractivity contribution in [2.75, 3.05) is 0 Å². The standard InChI is InChI=1S/C44H27N3O2/c1-2-13-28(14-3-1)42-45-43(30-17-8-16-27-12-4-5-15-29(27)26-30)47-44(46-42)35-22-11-25-38-40(35)34-21-9-20-32(41(34)49-38)31-19-10-24-37-39(31)33-18-6-7-23-36(33)48-37/h1-16,18-26H,17H2. The normalized spacial score (nSPS) is 12.9. The maximum Gasteiger partial charge on any atom is 0.164 e. The van der Waals surface area contributed by atoms with Gasteiger partial charge in [-0.15, -0.1) is 0 Å². The van der Waals surface area contributed by atoms with E-state index in [9.17, 15) is 0 Å². The molecule has 0 saturated heterocycles. The minimum absolute atomic E-state index is 0.605. The highest BCUT2D eigenvalue weighted by molar-refractivity contribution is 6.19. The van der Waals surface area contributed by atoms with Gasteiger partial charge in [0.1, 0.15) is 22.3 Å². The Morgan fingerprint density at radius 3 is 1.98 bits per heavy atom. The van der Waals surface area contributed by atoms with Crippen molar-refractivity contribution in [1.29, 1.82) is 0 Å². The molecule has 1 aliphatic carbocycles. The average molecular weight is 630 g/mol. The first-order valence-electron chi connectivity index (χ1n) is 16.4. The highest BCUT2D eigenvalue weighted by atomic mass is 16.3. The van der Waals surface area contributed by atoms with E-state index in [0.717, 1.165) is 77.3 Å². The van der Waals surface area contributed by atoms with Crippen LogP contribution < -0.4 is 0 Å². The van der Waals surface area contributed by atoms with Gasteiger partial charge in [-0.2, -0.15) is 0 Å². The van der Waals surface area contributed by atoms with Crippen LogP contribution in [0.15, 0.2) is 148 Å². The van der Waals surface area contributed by atoms with Gasteiger partial charge in [0.2, 0.25) is 0 Å². The van der Waals surface area contributed by atoms with E-state index in [1.807, 2.05) is 66.7 Å². The lowest BCUT2D eigenvalue weighted by Crippen LogP contribution is -2.03. The van der Waals surface area contributed by atoms with Crippen LogP contribution >= 0.6 is 0 Å². The summed E-state index contributed by atoms with van der Waals surface area (Å²) in [5, 5.41) is 4.13.